The van der Waals surface area contributed by atoms with Crippen molar-refractivity contribution in [1.29, 1.82) is 0 Å². The summed E-state index contributed by atoms with van der Waals surface area (Å²) in [6, 6.07) is 11.1. The van der Waals surface area contributed by atoms with Gasteiger partial charge in [-0.1, -0.05) is 12.8 Å². The molecule has 2 heterocycles. The van der Waals surface area contributed by atoms with Gasteiger partial charge in [0.05, 0.1) is 0 Å². The van der Waals surface area contributed by atoms with Gasteiger partial charge >= 0.3 is 11.8 Å². The molecule has 0 saturated heterocycles. The van der Waals surface area contributed by atoms with E-state index in [4.69, 9.17) is 0 Å². The van der Waals surface area contributed by atoms with Crippen LogP contribution >= 0.6 is 0 Å². The number of carbonyl (C=O) groups excluding carboxylic acids is 2. The maximum absolute atomic E-state index is 12.1. The molecule has 6 heteroatoms. The van der Waals surface area contributed by atoms with Gasteiger partial charge in [-0.15, -0.1) is 0 Å². The summed E-state index contributed by atoms with van der Waals surface area (Å²) in [6.45, 7) is 1.33. The molecule has 0 aromatic carbocycles. The summed E-state index contributed by atoms with van der Waals surface area (Å²) in [5, 5.41) is 5.89. The third-order valence-electron chi connectivity index (χ3n) is 4.25. The Labute approximate surface area is 154 Å². The third-order valence-corrected chi connectivity index (χ3v) is 4.25. The fourth-order valence-corrected chi connectivity index (χ4v) is 2.71. The number of rotatable bonds is 9. The summed E-state index contributed by atoms with van der Waals surface area (Å²) in [4.78, 5) is 24.1. The van der Waals surface area contributed by atoms with Crippen molar-refractivity contribution in [2.45, 2.75) is 25.7 Å². The Balaban J connectivity index is 1.55. The minimum absolute atomic E-state index is 0.0453. The first-order valence-electron chi connectivity index (χ1n) is 9.05. The van der Waals surface area contributed by atoms with Gasteiger partial charge in [-0.05, 0) is 25.0 Å². The fraction of sp³-hybridized carbons (Fsp3) is 0.400. The van der Waals surface area contributed by atoms with E-state index >= 15 is 0 Å². The predicted octanol–water partition coefficient (Wildman–Crippen LogP) is 1.06. The molecule has 0 spiro atoms. The number of hydrogen-bond donors (Lipinski definition) is 2. The van der Waals surface area contributed by atoms with Gasteiger partial charge in [-0.2, -0.15) is 9.13 Å². The van der Waals surface area contributed by atoms with Crippen molar-refractivity contribution >= 4 is 11.8 Å². The summed E-state index contributed by atoms with van der Waals surface area (Å²) in [5.41, 5.74) is 1.31. The van der Waals surface area contributed by atoms with Crippen LogP contribution in [0.3, 0.4) is 0 Å². The second-order valence-electron chi connectivity index (χ2n) is 6.32. The molecule has 0 unspecified atom stereocenters. The van der Waals surface area contributed by atoms with Gasteiger partial charge in [0.2, 0.25) is 0 Å². The maximum atomic E-state index is 12.1. The number of amides is 2. The molecular formula is C20H28N4O2+2. The molecular weight excluding hydrogens is 328 g/mol. The van der Waals surface area contributed by atoms with Crippen molar-refractivity contribution < 1.29 is 18.7 Å². The Kier molecular flexibility index (Phi) is 7.74. The zero-order chi connectivity index (χ0) is 18.8. The summed E-state index contributed by atoms with van der Waals surface area (Å²) in [6.07, 6.45) is 7.64. The number of carbonyl (C=O) groups is 2. The standard InChI is InChI=1S/C20H26N4O2/c1-23-15-9-5-11-17(23)19(25)21-13-7-3-4-8-14-22-20(26)18-12-6-10-16-24(18)2/h5-6,9-12,15-16H,3-4,7-8,13-14H2,1-2H3/p+2. The van der Waals surface area contributed by atoms with Crippen LogP contribution in [0, 0.1) is 0 Å². The monoisotopic (exact) mass is 356 g/mol. The molecule has 0 aliphatic carbocycles. The van der Waals surface area contributed by atoms with E-state index in [1.165, 1.54) is 0 Å². The van der Waals surface area contributed by atoms with Crippen LogP contribution in [0.15, 0.2) is 48.8 Å². The van der Waals surface area contributed by atoms with Gasteiger partial charge in [0.25, 0.3) is 11.4 Å². The molecule has 0 radical (unpaired) electrons. The fourth-order valence-electron chi connectivity index (χ4n) is 2.71. The number of pyridine rings is 2. The Morgan fingerprint density at radius 3 is 1.54 bits per heavy atom. The lowest BCUT2D eigenvalue weighted by atomic mass is 10.2. The molecule has 138 valence electrons. The van der Waals surface area contributed by atoms with Crippen LogP contribution in [0.4, 0.5) is 0 Å². The van der Waals surface area contributed by atoms with Crippen molar-refractivity contribution in [1.82, 2.24) is 10.6 Å². The number of nitrogens with one attached hydrogen (secondary N) is 2. The summed E-state index contributed by atoms with van der Waals surface area (Å²) in [7, 11) is 3.72. The summed E-state index contributed by atoms with van der Waals surface area (Å²) < 4.78 is 3.62. The summed E-state index contributed by atoms with van der Waals surface area (Å²) >= 11 is 0. The van der Waals surface area contributed by atoms with E-state index in [1.807, 2.05) is 72.0 Å². The highest BCUT2D eigenvalue weighted by atomic mass is 16.2. The van der Waals surface area contributed by atoms with E-state index in [-0.39, 0.29) is 11.8 Å². The van der Waals surface area contributed by atoms with Crippen molar-refractivity contribution in [2.24, 2.45) is 14.1 Å². The Hall–Kier alpha value is -2.76. The van der Waals surface area contributed by atoms with E-state index in [2.05, 4.69) is 10.6 Å². The molecule has 2 N–H and O–H groups in total. The lowest BCUT2D eigenvalue weighted by Crippen LogP contribution is -2.40. The second kappa shape index (κ2) is 10.3. The Morgan fingerprint density at radius 2 is 1.15 bits per heavy atom. The van der Waals surface area contributed by atoms with Crippen molar-refractivity contribution in [3.63, 3.8) is 0 Å². The zero-order valence-electron chi connectivity index (χ0n) is 15.6. The number of aromatic nitrogens is 2. The van der Waals surface area contributed by atoms with E-state index < -0.39 is 0 Å². The van der Waals surface area contributed by atoms with Crippen LogP contribution in [0.2, 0.25) is 0 Å². The van der Waals surface area contributed by atoms with Crippen LogP contribution in [-0.2, 0) is 14.1 Å². The smallest absolute Gasteiger partial charge is 0.316 e. The lowest BCUT2D eigenvalue weighted by Gasteiger charge is -2.05. The van der Waals surface area contributed by atoms with Gasteiger partial charge in [-0.25, -0.2) is 0 Å². The summed E-state index contributed by atoms with van der Waals surface area (Å²) in [5.74, 6) is -0.0906. The lowest BCUT2D eigenvalue weighted by molar-refractivity contribution is -0.673. The van der Waals surface area contributed by atoms with Crippen LogP contribution in [0.25, 0.3) is 0 Å². The Bertz CT molecular complexity index is 683. The molecule has 2 rings (SSSR count). The maximum Gasteiger partial charge on any atom is 0.316 e. The van der Waals surface area contributed by atoms with E-state index in [9.17, 15) is 9.59 Å². The molecule has 6 nitrogen and oxygen atoms in total. The van der Waals surface area contributed by atoms with E-state index in [0.29, 0.717) is 24.5 Å². The zero-order valence-corrected chi connectivity index (χ0v) is 15.6. The minimum Gasteiger partial charge on any atom is -0.347 e. The first-order chi connectivity index (χ1) is 12.6. The predicted molar refractivity (Wildman–Crippen MR) is 98.4 cm³/mol. The largest absolute Gasteiger partial charge is 0.347 e. The van der Waals surface area contributed by atoms with Crippen molar-refractivity contribution in [2.75, 3.05) is 13.1 Å². The van der Waals surface area contributed by atoms with Gasteiger partial charge in [0.1, 0.15) is 14.1 Å². The molecule has 0 bridgehead atoms. The highest BCUT2D eigenvalue weighted by molar-refractivity contribution is 5.91. The molecule has 0 fully saturated rings. The number of hydrogen-bond acceptors (Lipinski definition) is 2. The molecule has 2 amide bonds. The van der Waals surface area contributed by atoms with Crippen molar-refractivity contribution in [3.8, 4) is 0 Å². The van der Waals surface area contributed by atoms with Crippen LogP contribution in [0.5, 0.6) is 0 Å². The minimum atomic E-state index is -0.0453. The molecule has 26 heavy (non-hydrogen) atoms. The number of unbranched alkanes of at least 4 members (excludes halogenated alkanes) is 3. The topological polar surface area (TPSA) is 66.0 Å². The average Bonchev–Trinajstić information content (AvgIpc) is 2.64. The quantitative estimate of drug-likeness (QED) is 0.521. The van der Waals surface area contributed by atoms with Crippen LogP contribution in [-0.4, -0.2) is 24.9 Å². The molecule has 0 aliphatic heterocycles. The highest BCUT2D eigenvalue weighted by Crippen LogP contribution is 1.99. The van der Waals surface area contributed by atoms with Gasteiger partial charge < -0.3 is 10.6 Å². The van der Waals surface area contributed by atoms with Crippen LogP contribution < -0.4 is 19.8 Å². The molecule has 2 aromatic rings. The first kappa shape index (κ1) is 19.6. The highest BCUT2D eigenvalue weighted by Gasteiger charge is 2.15. The van der Waals surface area contributed by atoms with Gasteiger partial charge in [0, 0.05) is 37.4 Å². The van der Waals surface area contributed by atoms with Gasteiger partial charge in [-0.3, -0.25) is 9.59 Å². The first-order valence-corrected chi connectivity index (χ1v) is 9.05. The normalized spacial score (nSPS) is 10.4. The molecule has 0 atom stereocenters. The Morgan fingerprint density at radius 1 is 0.731 bits per heavy atom. The second-order valence-corrected chi connectivity index (χ2v) is 6.32. The number of nitrogens with zero attached hydrogens (tertiary/aromatic N) is 2. The van der Waals surface area contributed by atoms with Crippen LogP contribution in [0.1, 0.15) is 46.7 Å². The van der Waals surface area contributed by atoms with E-state index in [0.717, 1.165) is 25.7 Å². The van der Waals surface area contributed by atoms with Crippen molar-refractivity contribution in [3.05, 3.63) is 60.2 Å². The van der Waals surface area contributed by atoms with E-state index in [1.54, 1.807) is 0 Å². The third kappa shape index (κ3) is 5.95. The molecule has 2 aromatic heterocycles. The average molecular weight is 356 g/mol. The molecule has 0 saturated carbocycles. The van der Waals surface area contributed by atoms with Gasteiger partial charge in [0.15, 0.2) is 12.4 Å². The molecule has 0 aliphatic rings. The SMILES string of the molecule is C[n+]1ccccc1C(=O)NCCCCCCNC(=O)c1cccc[n+]1C. The number of aryl methyl sites for hydroxylation is 2.